The highest BCUT2D eigenvalue weighted by atomic mass is 16.6. The molecule has 11 nitrogen and oxygen atoms in total. The molecule has 4 N–H and O–H groups in total. The molecule has 1 fully saturated rings. The summed E-state index contributed by atoms with van der Waals surface area (Å²) in [6.07, 6.45) is -5.04. The zero-order valence-electron chi connectivity index (χ0n) is 9.87. The van der Waals surface area contributed by atoms with E-state index in [1.54, 1.807) is 4.98 Å². The molecule has 11 heteroatoms. The Morgan fingerprint density at radius 3 is 2.55 bits per heavy atom. The zero-order valence-corrected chi connectivity index (χ0v) is 9.87. The van der Waals surface area contributed by atoms with E-state index in [4.69, 9.17) is 9.84 Å². The number of nitrogens with one attached hydrogen (secondary N) is 1. The van der Waals surface area contributed by atoms with E-state index in [1.165, 1.54) is 0 Å². The van der Waals surface area contributed by atoms with E-state index in [0.29, 0.717) is 10.8 Å². The van der Waals surface area contributed by atoms with E-state index in [0.717, 1.165) is 0 Å². The second-order valence-electron chi connectivity index (χ2n) is 4.17. The lowest BCUT2D eigenvalue weighted by molar-refractivity contribution is -0.387. The largest absolute Gasteiger partial charge is 0.394 e. The van der Waals surface area contributed by atoms with Gasteiger partial charge in [-0.3, -0.25) is 24.5 Å². The molecule has 0 spiro atoms. The summed E-state index contributed by atoms with van der Waals surface area (Å²) in [6, 6.07) is 0. The third kappa shape index (κ3) is 2.22. The van der Waals surface area contributed by atoms with Crippen LogP contribution >= 0.6 is 0 Å². The number of nitro groups is 1. The van der Waals surface area contributed by atoms with Crippen molar-refractivity contribution >= 4 is 5.69 Å². The van der Waals surface area contributed by atoms with Crippen LogP contribution in [0.2, 0.25) is 0 Å². The van der Waals surface area contributed by atoms with Crippen LogP contribution in [0.15, 0.2) is 15.8 Å². The minimum absolute atomic E-state index is 0.586. The first-order valence-corrected chi connectivity index (χ1v) is 5.49. The summed E-state index contributed by atoms with van der Waals surface area (Å²) < 4.78 is 5.63. The van der Waals surface area contributed by atoms with Gasteiger partial charge in [0.1, 0.15) is 18.3 Å². The predicted octanol–water partition coefficient (Wildman–Crippen LogP) is -2.94. The molecule has 0 amide bonds. The van der Waals surface area contributed by atoms with E-state index in [-0.39, 0.29) is 0 Å². The number of ether oxygens (including phenoxy) is 1. The van der Waals surface area contributed by atoms with E-state index in [1.807, 2.05) is 0 Å². The molecule has 0 aromatic carbocycles. The number of aliphatic hydroxyl groups excluding tert-OH is 3. The van der Waals surface area contributed by atoms with Crippen molar-refractivity contribution in [1.29, 1.82) is 0 Å². The van der Waals surface area contributed by atoms with Crippen molar-refractivity contribution < 1.29 is 25.0 Å². The lowest BCUT2D eigenvalue weighted by Gasteiger charge is -2.16. The van der Waals surface area contributed by atoms with Gasteiger partial charge in [-0.15, -0.1) is 0 Å². The second kappa shape index (κ2) is 5.13. The molecule has 0 saturated carbocycles. The SMILES string of the molecule is O=c1[nH]c(=O)n([C@@H]2O[C@H](CO)C(O)C2O)cc1[N+](=O)[O-]. The number of rotatable bonds is 3. The highest BCUT2D eigenvalue weighted by Gasteiger charge is 2.44. The Bertz CT molecular complexity index is 637. The standard InChI is InChI=1S/C9H11N3O8/c13-2-4-5(14)6(15)8(20-4)11-1-3(12(18)19)7(16)10-9(11)17/h1,4-6,8,13-15H,2H2,(H,10,16,17)/t4-,5?,6?,8-/m1/s1. The topological polar surface area (TPSA) is 168 Å². The van der Waals surface area contributed by atoms with Crippen LogP contribution in [0.3, 0.4) is 0 Å². The van der Waals surface area contributed by atoms with Crippen molar-refractivity contribution in [2.45, 2.75) is 24.5 Å². The normalized spacial score (nSPS) is 29.6. The van der Waals surface area contributed by atoms with Gasteiger partial charge >= 0.3 is 16.9 Å². The number of aliphatic hydroxyl groups is 3. The van der Waals surface area contributed by atoms with Gasteiger partial charge < -0.3 is 20.1 Å². The molecule has 20 heavy (non-hydrogen) atoms. The van der Waals surface area contributed by atoms with Crippen LogP contribution in [-0.2, 0) is 4.74 Å². The maximum Gasteiger partial charge on any atom is 0.350 e. The molecule has 0 aliphatic carbocycles. The molecule has 0 radical (unpaired) electrons. The van der Waals surface area contributed by atoms with Gasteiger partial charge in [0.05, 0.1) is 17.7 Å². The van der Waals surface area contributed by atoms with Crippen molar-refractivity contribution in [1.82, 2.24) is 9.55 Å². The number of H-pyrrole nitrogens is 1. The Balaban J connectivity index is 2.48. The molecule has 1 aromatic heterocycles. The van der Waals surface area contributed by atoms with Gasteiger partial charge in [-0.05, 0) is 0 Å². The number of hydrogen-bond acceptors (Lipinski definition) is 8. The van der Waals surface area contributed by atoms with Crippen molar-refractivity contribution in [2.75, 3.05) is 6.61 Å². The molecule has 1 aliphatic rings. The van der Waals surface area contributed by atoms with Crippen LogP contribution < -0.4 is 11.2 Å². The van der Waals surface area contributed by atoms with Crippen molar-refractivity contribution in [3.05, 3.63) is 37.1 Å². The second-order valence-corrected chi connectivity index (χ2v) is 4.17. The van der Waals surface area contributed by atoms with Crippen molar-refractivity contribution in [3.8, 4) is 0 Å². The number of aromatic nitrogens is 2. The summed E-state index contributed by atoms with van der Waals surface area (Å²) in [5, 5.41) is 38.9. The molecule has 0 bridgehead atoms. The molecular formula is C9H11N3O8. The lowest BCUT2D eigenvalue weighted by atomic mass is 10.1. The van der Waals surface area contributed by atoms with Crippen LogP contribution in [0.1, 0.15) is 6.23 Å². The highest BCUT2D eigenvalue weighted by Crippen LogP contribution is 2.28. The predicted molar refractivity (Wildman–Crippen MR) is 61.0 cm³/mol. The van der Waals surface area contributed by atoms with E-state index in [2.05, 4.69) is 0 Å². The monoisotopic (exact) mass is 289 g/mol. The Morgan fingerprint density at radius 1 is 1.40 bits per heavy atom. The van der Waals surface area contributed by atoms with Crippen molar-refractivity contribution in [2.24, 2.45) is 0 Å². The van der Waals surface area contributed by atoms with Gasteiger partial charge in [0.25, 0.3) is 0 Å². The van der Waals surface area contributed by atoms with Gasteiger partial charge in [0, 0.05) is 0 Å². The fraction of sp³-hybridized carbons (Fsp3) is 0.556. The lowest BCUT2D eigenvalue weighted by Crippen LogP contribution is -2.38. The Labute approximate surface area is 109 Å². The maximum absolute atomic E-state index is 11.6. The van der Waals surface area contributed by atoms with E-state index < -0.39 is 53.0 Å². The molecular weight excluding hydrogens is 278 g/mol. The van der Waals surface area contributed by atoms with Gasteiger partial charge in [-0.25, -0.2) is 4.79 Å². The first-order chi connectivity index (χ1) is 9.36. The Morgan fingerprint density at radius 2 is 2.05 bits per heavy atom. The summed E-state index contributed by atoms with van der Waals surface area (Å²) in [4.78, 5) is 34.2. The maximum atomic E-state index is 11.6. The average molecular weight is 289 g/mol. The third-order valence-corrected chi connectivity index (χ3v) is 2.94. The zero-order chi connectivity index (χ0) is 15.0. The molecule has 1 saturated heterocycles. The highest BCUT2D eigenvalue weighted by molar-refractivity contribution is 5.21. The van der Waals surface area contributed by atoms with Crippen LogP contribution in [0.4, 0.5) is 5.69 Å². The summed E-state index contributed by atoms with van der Waals surface area (Å²) in [6.45, 7) is -0.616. The first-order valence-electron chi connectivity index (χ1n) is 5.49. The van der Waals surface area contributed by atoms with Crippen LogP contribution in [0.5, 0.6) is 0 Å². The minimum atomic E-state index is -1.59. The van der Waals surface area contributed by atoms with Crippen LogP contribution in [-0.4, -0.2) is 54.7 Å². The minimum Gasteiger partial charge on any atom is -0.394 e. The molecule has 1 aliphatic heterocycles. The quantitative estimate of drug-likeness (QED) is 0.338. The Kier molecular flexibility index (Phi) is 3.67. The van der Waals surface area contributed by atoms with E-state index in [9.17, 15) is 29.9 Å². The molecule has 2 rings (SSSR count). The van der Waals surface area contributed by atoms with Crippen LogP contribution in [0, 0.1) is 10.1 Å². The van der Waals surface area contributed by atoms with Gasteiger partial charge in [0.15, 0.2) is 6.23 Å². The fourth-order valence-corrected chi connectivity index (χ4v) is 1.90. The Hall–Kier alpha value is -2.08. The summed E-state index contributed by atoms with van der Waals surface area (Å²) >= 11 is 0. The number of hydrogen-bond donors (Lipinski definition) is 4. The fourth-order valence-electron chi connectivity index (χ4n) is 1.90. The summed E-state index contributed by atoms with van der Waals surface area (Å²) in [7, 11) is 0. The van der Waals surface area contributed by atoms with Gasteiger partial charge in [0.2, 0.25) is 0 Å². The average Bonchev–Trinajstić information content (AvgIpc) is 2.66. The van der Waals surface area contributed by atoms with Gasteiger partial charge in [-0.1, -0.05) is 0 Å². The summed E-state index contributed by atoms with van der Waals surface area (Å²) in [5.41, 5.74) is -3.15. The molecule has 1 aromatic rings. The molecule has 2 heterocycles. The number of aromatic amines is 1. The molecule has 2 unspecified atom stereocenters. The van der Waals surface area contributed by atoms with Crippen LogP contribution in [0.25, 0.3) is 0 Å². The summed E-state index contributed by atoms with van der Waals surface area (Å²) in [5.74, 6) is 0. The molecule has 4 atom stereocenters. The molecule has 110 valence electrons. The third-order valence-electron chi connectivity index (χ3n) is 2.94. The smallest absolute Gasteiger partial charge is 0.350 e. The van der Waals surface area contributed by atoms with Crippen molar-refractivity contribution in [3.63, 3.8) is 0 Å². The first kappa shape index (κ1) is 14.3. The van der Waals surface area contributed by atoms with Gasteiger partial charge in [-0.2, -0.15) is 0 Å². The number of nitrogens with zero attached hydrogens (tertiary/aromatic N) is 2. The van der Waals surface area contributed by atoms with E-state index >= 15 is 0 Å².